The van der Waals surface area contributed by atoms with Crippen molar-refractivity contribution in [2.24, 2.45) is 0 Å². The van der Waals surface area contributed by atoms with Crippen LogP contribution >= 0.6 is 7.92 Å². The van der Waals surface area contributed by atoms with E-state index in [1.165, 1.54) is 54.7 Å². The summed E-state index contributed by atoms with van der Waals surface area (Å²) >= 11 is 0. The number of ether oxygens (including phenoxy) is 1. The summed E-state index contributed by atoms with van der Waals surface area (Å²) in [5.41, 5.74) is 6.85. The van der Waals surface area contributed by atoms with E-state index in [1.54, 1.807) is 0 Å². The lowest BCUT2D eigenvalue weighted by molar-refractivity contribution is -0.987. The van der Waals surface area contributed by atoms with Gasteiger partial charge in [0.05, 0.1) is 17.8 Å². The van der Waals surface area contributed by atoms with Gasteiger partial charge in [0.1, 0.15) is 28.3 Å². The topological polar surface area (TPSA) is 26.8 Å². The third kappa shape index (κ3) is 1.86. The van der Waals surface area contributed by atoms with Gasteiger partial charge in [-0.05, 0) is 61.8 Å². The Bertz CT molecular complexity index is 2280. The van der Waals surface area contributed by atoms with Crippen molar-refractivity contribution in [3.05, 3.63) is 127 Å². The van der Waals surface area contributed by atoms with Crippen molar-refractivity contribution >= 4 is 45.8 Å². The molecule has 0 radical (unpaired) electrons. The van der Waals surface area contributed by atoms with Crippen LogP contribution in [0, 0.1) is 0 Å². The van der Waals surface area contributed by atoms with Crippen molar-refractivity contribution in [1.29, 1.82) is 0 Å². The quantitative estimate of drug-likeness (QED) is 0.236. The van der Waals surface area contributed by atoms with Gasteiger partial charge in [0.15, 0.2) is 11.3 Å². The average molecular weight is 519 g/mol. The van der Waals surface area contributed by atoms with Crippen molar-refractivity contribution in [2.75, 3.05) is 0 Å². The van der Waals surface area contributed by atoms with Gasteiger partial charge in [-0.2, -0.15) is 9.13 Å². The number of aromatic nitrogens is 4. The first kappa shape index (κ1) is 19.4. The molecule has 2 unspecified atom stereocenters. The van der Waals surface area contributed by atoms with Gasteiger partial charge in [-0.15, -0.1) is 4.68 Å². The molecule has 180 valence electrons. The number of para-hydroxylation sites is 1. The number of benzene rings is 4. The van der Waals surface area contributed by atoms with E-state index in [2.05, 4.69) is 134 Å². The summed E-state index contributed by atoms with van der Waals surface area (Å²) in [5, 5.41) is 6.77. The predicted molar refractivity (Wildman–Crippen MR) is 151 cm³/mol. The Morgan fingerprint density at radius 1 is 0.692 bits per heavy atom. The molecule has 7 heterocycles. The summed E-state index contributed by atoms with van der Waals surface area (Å²) in [5.74, 6) is 1.85. The van der Waals surface area contributed by atoms with Gasteiger partial charge < -0.3 is 4.74 Å². The Kier molecular flexibility index (Phi) is 3.03. The Labute approximate surface area is 224 Å². The summed E-state index contributed by atoms with van der Waals surface area (Å²) in [6.45, 7) is 0. The SMILES string of the molecule is c1ccc(P2c3ccc4c5c3-n3c6c2cccc6c2ccc[n+](c23)C52c3c(cccc3-n3ccc[n+]32)O4)cc1. The molecule has 1 spiro atoms. The van der Waals surface area contributed by atoms with E-state index < -0.39 is 13.6 Å². The molecule has 3 aromatic heterocycles. The van der Waals surface area contributed by atoms with Crippen LogP contribution in [0.5, 0.6) is 11.5 Å². The lowest BCUT2D eigenvalue weighted by Crippen LogP contribution is -2.76. The summed E-state index contributed by atoms with van der Waals surface area (Å²) in [6, 6.07) is 35.6. The maximum atomic E-state index is 6.78. The number of hydrogen-bond acceptors (Lipinski definition) is 1. The fourth-order valence-corrected chi connectivity index (χ4v) is 10.4. The van der Waals surface area contributed by atoms with Crippen LogP contribution in [-0.2, 0) is 5.66 Å². The van der Waals surface area contributed by atoms with E-state index >= 15 is 0 Å². The van der Waals surface area contributed by atoms with E-state index in [4.69, 9.17) is 4.74 Å². The number of hydrogen-bond donors (Lipinski definition) is 0. The van der Waals surface area contributed by atoms with Gasteiger partial charge in [-0.3, -0.25) is 0 Å². The van der Waals surface area contributed by atoms with Gasteiger partial charge in [-0.25, -0.2) is 0 Å². The first-order chi connectivity index (χ1) is 19.4. The molecule has 11 rings (SSSR count). The molecular formula is C33H19N4OP+2. The van der Waals surface area contributed by atoms with E-state index in [-0.39, 0.29) is 0 Å². The largest absolute Gasteiger partial charge is 0.456 e. The molecule has 4 aliphatic heterocycles. The van der Waals surface area contributed by atoms with Crippen LogP contribution in [0.3, 0.4) is 0 Å². The molecule has 6 heteroatoms. The van der Waals surface area contributed by atoms with E-state index in [9.17, 15) is 0 Å². The summed E-state index contributed by atoms with van der Waals surface area (Å²) in [7, 11) is -0.759. The van der Waals surface area contributed by atoms with Crippen LogP contribution in [0.15, 0.2) is 116 Å². The molecule has 0 N–H and O–H groups in total. The Morgan fingerprint density at radius 3 is 2.51 bits per heavy atom. The first-order valence-corrected chi connectivity index (χ1v) is 14.6. The minimum Gasteiger partial charge on any atom is -0.456 e. The molecule has 4 aliphatic rings. The number of rotatable bonds is 1. The summed E-state index contributed by atoms with van der Waals surface area (Å²) < 4.78 is 16.5. The van der Waals surface area contributed by atoms with Crippen LogP contribution in [0.4, 0.5) is 0 Å². The lowest BCUT2D eigenvalue weighted by atomic mass is 9.84. The van der Waals surface area contributed by atoms with Gasteiger partial charge in [0, 0.05) is 22.1 Å². The Morgan fingerprint density at radius 2 is 1.56 bits per heavy atom. The molecular weight excluding hydrogens is 499 g/mol. The number of fused-ring (bicyclic) bond motifs is 3. The van der Waals surface area contributed by atoms with Gasteiger partial charge in [-0.1, -0.05) is 47.1 Å². The van der Waals surface area contributed by atoms with Crippen molar-refractivity contribution < 1.29 is 14.0 Å². The fourth-order valence-electron chi connectivity index (χ4n) is 7.84. The molecule has 0 saturated heterocycles. The zero-order valence-corrected chi connectivity index (χ0v) is 21.5. The highest BCUT2D eigenvalue weighted by molar-refractivity contribution is 7.80. The minimum atomic E-state index is -0.759. The van der Waals surface area contributed by atoms with Crippen LogP contribution < -0.4 is 29.9 Å². The maximum Gasteiger partial charge on any atom is 0.397 e. The van der Waals surface area contributed by atoms with Crippen molar-refractivity contribution in [1.82, 2.24) is 9.25 Å². The lowest BCUT2D eigenvalue weighted by Gasteiger charge is -2.36. The normalized spacial score (nSPS) is 19.8. The van der Waals surface area contributed by atoms with Crippen molar-refractivity contribution in [3.63, 3.8) is 0 Å². The smallest absolute Gasteiger partial charge is 0.397 e. The van der Waals surface area contributed by atoms with Crippen LogP contribution in [-0.4, -0.2) is 9.25 Å². The highest BCUT2D eigenvalue weighted by Crippen LogP contribution is 2.56. The monoisotopic (exact) mass is 518 g/mol. The molecule has 5 nitrogen and oxygen atoms in total. The second-order valence-corrected chi connectivity index (χ2v) is 12.9. The standard InChI is InChI=1S/C33H19N4OP/c1-2-8-20(9-3-1)39-26-14-4-10-21-22-11-6-17-34-32(22)37(30(21)26)31-27(39)16-15-25-29(31)33(34)28-23(12-5-13-24(28)38-25)35-18-7-19-36(33)35/h1-19H/q+2. The Hall–Kier alpha value is -4.73. The Balaban J connectivity index is 1.46. The molecule has 0 saturated carbocycles. The predicted octanol–water partition coefficient (Wildman–Crippen LogP) is 4.25. The highest BCUT2D eigenvalue weighted by atomic mass is 31.1. The van der Waals surface area contributed by atoms with Crippen molar-refractivity contribution in [3.8, 4) is 22.9 Å². The van der Waals surface area contributed by atoms with Gasteiger partial charge >= 0.3 is 11.3 Å². The zero-order valence-electron chi connectivity index (χ0n) is 20.6. The third-order valence-electron chi connectivity index (χ3n) is 9.08. The second kappa shape index (κ2) is 6.12. The van der Waals surface area contributed by atoms with Crippen LogP contribution in [0.2, 0.25) is 0 Å². The maximum absolute atomic E-state index is 6.78. The fraction of sp³-hybridized carbons (Fsp3) is 0.0303. The van der Waals surface area contributed by atoms with E-state index in [0.29, 0.717) is 0 Å². The van der Waals surface area contributed by atoms with Crippen LogP contribution in [0.25, 0.3) is 33.3 Å². The van der Waals surface area contributed by atoms with Gasteiger partial charge in [0.2, 0.25) is 6.20 Å². The van der Waals surface area contributed by atoms with Gasteiger partial charge in [0.25, 0.3) is 0 Å². The summed E-state index contributed by atoms with van der Waals surface area (Å²) in [6.07, 6.45) is 6.65. The molecule has 39 heavy (non-hydrogen) atoms. The molecule has 0 amide bonds. The van der Waals surface area contributed by atoms with E-state index in [0.717, 1.165) is 17.2 Å². The van der Waals surface area contributed by atoms with E-state index in [1.807, 2.05) is 0 Å². The molecule has 0 fully saturated rings. The zero-order chi connectivity index (χ0) is 25.0. The highest BCUT2D eigenvalue weighted by Gasteiger charge is 2.69. The number of pyridine rings is 1. The second-order valence-electron chi connectivity index (χ2n) is 10.7. The third-order valence-corrected chi connectivity index (χ3v) is 11.6. The molecule has 4 aromatic carbocycles. The van der Waals surface area contributed by atoms with Crippen LogP contribution in [0.1, 0.15) is 11.1 Å². The first-order valence-electron chi connectivity index (χ1n) is 13.3. The molecule has 0 bridgehead atoms. The average Bonchev–Trinajstić information content (AvgIpc) is 3.67. The molecule has 7 aromatic rings. The summed E-state index contributed by atoms with van der Waals surface area (Å²) in [4.78, 5) is 0. The molecule has 2 atom stereocenters. The minimum absolute atomic E-state index is 0.590. The molecule has 0 aliphatic carbocycles. The van der Waals surface area contributed by atoms with Crippen molar-refractivity contribution in [2.45, 2.75) is 5.66 Å². The number of nitrogens with zero attached hydrogens (tertiary/aromatic N) is 4.